The molecule has 1 aliphatic heterocycles. The molecule has 2 atom stereocenters. The van der Waals surface area contributed by atoms with E-state index in [1.54, 1.807) is 0 Å². The monoisotopic (exact) mass is 249 g/mol. The van der Waals surface area contributed by atoms with Gasteiger partial charge in [-0.3, -0.25) is 0 Å². The van der Waals surface area contributed by atoms with E-state index in [9.17, 15) is 5.11 Å². The van der Waals surface area contributed by atoms with E-state index in [1.165, 1.54) is 11.1 Å². The second kappa shape index (κ2) is 5.39. The molecule has 2 rings (SSSR count). The fourth-order valence-electron chi connectivity index (χ4n) is 2.63. The number of hydrogen-bond acceptors (Lipinski definition) is 3. The number of aliphatic hydroxyl groups is 1. The zero-order valence-electron chi connectivity index (χ0n) is 11.5. The first-order chi connectivity index (χ1) is 8.47. The molecule has 0 radical (unpaired) electrons. The summed E-state index contributed by atoms with van der Waals surface area (Å²) in [6.45, 7) is 8.33. The van der Waals surface area contributed by atoms with E-state index in [-0.39, 0.29) is 6.04 Å². The molecule has 18 heavy (non-hydrogen) atoms. The Morgan fingerprint density at radius 3 is 2.56 bits per heavy atom. The maximum Gasteiger partial charge on any atom is 0.0884 e. The van der Waals surface area contributed by atoms with E-state index in [4.69, 9.17) is 4.74 Å². The highest BCUT2D eigenvalue weighted by Crippen LogP contribution is 2.28. The first-order valence-corrected chi connectivity index (χ1v) is 6.60. The second-order valence-electron chi connectivity index (χ2n) is 5.58. The largest absolute Gasteiger partial charge is 0.385 e. The van der Waals surface area contributed by atoms with Crippen LogP contribution >= 0.6 is 0 Å². The third-order valence-electron chi connectivity index (χ3n) is 3.49. The molecule has 2 N–H and O–H groups in total. The van der Waals surface area contributed by atoms with Crippen LogP contribution in [0.4, 0.5) is 0 Å². The minimum atomic E-state index is -0.810. The van der Waals surface area contributed by atoms with Crippen LogP contribution in [0, 0.1) is 13.8 Å². The number of morpholine rings is 1. The summed E-state index contributed by atoms with van der Waals surface area (Å²) in [7, 11) is 0. The van der Waals surface area contributed by atoms with Crippen molar-refractivity contribution in [2.24, 2.45) is 0 Å². The summed E-state index contributed by atoms with van der Waals surface area (Å²) in [6, 6.07) is 6.49. The summed E-state index contributed by atoms with van der Waals surface area (Å²) >= 11 is 0. The van der Waals surface area contributed by atoms with Crippen molar-refractivity contribution in [1.82, 2.24) is 5.32 Å². The number of ether oxygens (including phenoxy) is 1. The Kier molecular flexibility index (Phi) is 4.05. The lowest BCUT2D eigenvalue weighted by atomic mass is 9.87. The van der Waals surface area contributed by atoms with Crippen molar-refractivity contribution in [3.05, 3.63) is 34.9 Å². The molecule has 0 spiro atoms. The van der Waals surface area contributed by atoms with Crippen molar-refractivity contribution in [3.63, 3.8) is 0 Å². The Hall–Kier alpha value is -0.900. The van der Waals surface area contributed by atoms with Gasteiger partial charge < -0.3 is 15.2 Å². The Labute approximate surface area is 109 Å². The van der Waals surface area contributed by atoms with Gasteiger partial charge in [0.05, 0.1) is 18.8 Å². The molecule has 1 aromatic carbocycles. The average Bonchev–Trinajstić information content (AvgIpc) is 2.28. The predicted molar refractivity (Wildman–Crippen MR) is 72.7 cm³/mol. The van der Waals surface area contributed by atoms with Crippen molar-refractivity contribution in [2.45, 2.75) is 38.8 Å². The van der Waals surface area contributed by atoms with E-state index in [0.717, 1.165) is 18.7 Å². The van der Waals surface area contributed by atoms with Crippen molar-refractivity contribution >= 4 is 0 Å². The van der Waals surface area contributed by atoms with Crippen LogP contribution in [-0.4, -0.2) is 30.9 Å². The molecule has 1 fully saturated rings. The summed E-state index contributed by atoms with van der Waals surface area (Å²) in [5.74, 6) is 0. The van der Waals surface area contributed by atoms with Crippen LogP contribution < -0.4 is 5.32 Å². The highest BCUT2D eigenvalue weighted by Gasteiger charge is 2.28. The van der Waals surface area contributed by atoms with Gasteiger partial charge in [-0.1, -0.05) is 29.3 Å². The first-order valence-electron chi connectivity index (χ1n) is 6.60. The number of nitrogens with one attached hydrogen (secondary N) is 1. The van der Waals surface area contributed by atoms with Gasteiger partial charge in [0.25, 0.3) is 0 Å². The van der Waals surface area contributed by atoms with E-state index in [0.29, 0.717) is 13.0 Å². The molecule has 3 nitrogen and oxygen atoms in total. The molecule has 100 valence electrons. The molecule has 1 aromatic rings. The molecule has 0 aliphatic carbocycles. The molecule has 0 saturated carbocycles. The van der Waals surface area contributed by atoms with E-state index >= 15 is 0 Å². The summed E-state index contributed by atoms with van der Waals surface area (Å²) in [5, 5.41) is 14.1. The lowest BCUT2D eigenvalue weighted by molar-refractivity contribution is 0.00316. The second-order valence-corrected chi connectivity index (χ2v) is 5.58. The van der Waals surface area contributed by atoms with Crippen molar-refractivity contribution in [1.29, 1.82) is 0 Å². The molecule has 0 bridgehead atoms. The normalized spacial score (nSPS) is 23.7. The zero-order valence-corrected chi connectivity index (χ0v) is 11.5. The van der Waals surface area contributed by atoms with E-state index in [2.05, 4.69) is 37.4 Å². The van der Waals surface area contributed by atoms with Gasteiger partial charge in [-0.15, -0.1) is 0 Å². The lowest BCUT2D eigenvalue weighted by Gasteiger charge is -2.32. The lowest BCUT2D eigenvalue weighted by Crippen LogP contribution is -2.45. The topological polar surface area (TPSA) is 41.5 Å². The molecular weight excluding hydrogens is 226 g/mol. The van der Waals surface area contributed by atoms with Gasteiger partial charge >= 0.3 is 0 Å². The van der Waals surface area contributed by atoms with Crippen LogP contribution in [0.5, 0.6) is 0 Å². The number of aryl methyl sites for hydroxylation is 2. The van der Waals surface area contributed by atoms with Crippen molar-refractivity contribution in [2.75, 3.05) is 19.8 Å². The average molecular weight is 249 g/mol. The third kappa shape index (κ3) is 3.31. The molecule has 1 aliphatic rings. The van der Waals surface area contributed by atoms with Crippen LogP contribution in [-0.2, 0) is 10.3 Å². The van der Waals surface area contributed by atoms with Crippen LogP contribution in [0.1, 0.15) is 30.0 Å². The molecule has 3 heteroatoms. The summed E-state index contributed by atoms with van der Waals surface area (Å²) in [5.41, 5.74) is 2.57. The Bertz CT molecular complexity index is 389. The van der Waals surface area contributed by atoms with Gasteiger partial charge in [-0.2, -0.15) is 0 Å². The molecule has 1 heterocycles. The summed E-state index contributed by atoms with van der Waals surface area (Å²) in [4.78, 5) is 0. The van der Waals surface area contributed by atoms with Gasteiger partial charge in [0.1, 0.15) is 0 Å². The summed E-state index contributed by atoms with van der Waals surface area (Å²) < 4.78 is 5.44. The van der Waals surface area contributed by atoms with Crippen LogP contribution in [0.3, 0.4) is 0 Å². The Morgan fingerprint density at radius 1 is 1.33 bits per heavy atom. The SMILES string of the molecule is Cc1cc(C)cc(C(C)(O)CC2COCCN2)c1. The number of rotatable bonds is 3. The fourth-order valence-corrected chi connectivity index (χ4v) is 2.63. The standard InChI is InChI=1S/C15H23NO2/c1-11-6-12(2)8-13(7-11)15(3,17)9-14-10-18-5-4-16-14/h6-8,14,16-17H,4-5,9-10H2,1-3H3. The fraction of sp³-hybridized carbons (Fsp3) is 0.600. The Morgan fingerprint density at radius 2 is 2.00 bits per heavy atom. The maximum atomic E-state index is 10.7. The van der Waals surface area contributed by atoms with E-state index < -0.39 is 5.60 Å². The third-order valence-corrected chi connectivity index (χ3v) is 3.49. The highest BCUT2D eigenvalue weighted by atomic mass is 16.5. The Balaban J connectivity index is 2.13. The van der Waals surface area contributed by atoms with Crippen molar-refractivity contribution in [3.8, 4) is 0 Å². The van der Waals surface area contributed by atoms with Gasteiger partial charge in [0.15, 0.2) is 0 Å². The molecule has 0 aromatic heterocycles. The van der Waals surface area contributed by atoms with Crippen LogP contribution in [0.2, 0.25) is 0 Å². The predicted octanol–water partition coefficient (Wildman–Crippen LogP) is 1.89. The smallest absolute Gasteiger partial charge is 0.0884 e. The zero-order chi connectivity index (χ0) is 13.2. The quantitative estimate of drug-likeness (QED) is 0.859. The molecular formula is C15H23NO2. The summed E-state index contributed by atoms with van der Waals surface area (Å²) in [6.07, 6.45) is 0.676. The first kappa shape index (κ1) is 13.5. The van der Waals surface area contributed by atoms with Gasteiger partial charge in [0.2, 0.25) is 0 Å². The van der Waals surface area contributed by atoms with Gasteiger partial charge in [-0.05, 0) is 32.8 Å². The van der Waals surface area contributed by atoms with E-state index in [1.807, 2.05) is 6.92 Å². The minimum absolute atomic E-state index is 0.231. The number of hydrogen-bond donors (Lipinski definition) is 2. The molecule has 0 amide bonds. The highest BCUT2D eigenvalue weighted by molar-refractivity contribution is 5.32. The van der Waals surface area contributed by atoms with Gasteiger partial charge in [0, 0.05) is 12.6 Å². The van der Waals surface area contributed by atoms with Crippen LogP contribution in [0.15, 0.2) is 18.2 Å². The molecule has 1 saturated heterocycles. The van der Waals surface area contributed by atoms with Gasteiger partial charge in [-0.25, -0.2) is 0 Å². The van der Waals surface area contributed by atoms with Crippen LogP contribution in [0.25, 0.3) is 0 Å². The minimum Gasteiger partial charge on any atom is -0.385 e. The number of benzene rings is 1. The van der Waals surface area contributed by atoms with Crippen molar-refractivity contribution < 1.29 is 9.84 Å². The maximum absolute atomic E-state index is 10.7. The molecule has 2 unspecified atom stereocenters.